The molecule has 6 nitrogen and oxygen atoms in total. The molecule has 0 radical (unpaired) electrons. The van der Waals surface area contributed by atoms with Crippen molar-refractivity contribution in [1.82, 2.24) is 4.68 Å². The second kappa shape index (κ2) is 9.22. The topological polar surface area (TPSA) is 68.0 Å². The van der Waals surface area contributed by atoms with Gasteiger partial charge in [-0.2, -0.15) is 5.10 Å². The van der Waals surface area contributed by atoms with Crippen LogP contribution in [0.15, 0.2) is 45.8 Å². The number of ether oxygens (including phenoxy) is 1. The van der Waals surface area contributed by atoms with Crippen LogP contribution in [0, 0.1) is 5.92 Å². The van der Waals surface area contributed by atoms with Crippen molar-refractivity contribution in [1.29, 1.82) is 0 Å². The van der Waals surface area contributed by atoms with Crippen LogP contribution in [0.25, 0.3) is 11.3 Å². The Morgan fingerprint density at radius 2 is 2.06 bits per heavy atom. The van der Waals surface area contributed by atoms with E-state index in [9.17, 15) is 4.79 Å². The minimum absolute atomic E-state index is 0.0648. The molecule has 1 fully saturated rings. The average molecular weight is 437 g/mol. The summed E-state index contributed by atoms with van der Waals surface area (Å²) in [6, 6.07) is 6.29. The van der Waals surface area contributed by atoms with E-state index in [1.807, 2.05) is 22.9 Å². The first-order chi connectivity index (χ1) is 15.3. The number of nitrogens with zero attached hydrogens (tertiary/aromatic N) is 3. The maximum atomic E-state index is 11.8. The van der Waals surface area contributed by atoms with Crippen LogP contribution in [0.3, 0.4) is 0 Å². The zero-order valence-electron chi connectivity index (χ0n) is 17.6. The molecule has 1 aromatic heterocycles. The molecule has 1 aliphatic heterocycles. The Kier molecular flexibility index (Phi) is 6.02. The molecule has 7 heteroatoms. The Hall–Kier alpha value is -2.67. The number of amides is 1. The molecule has 2 heterocycles. The first-order valence-electron chi connectivity index (χ1n) is 11.3. The molecule has 31 heavy (non-hydrogen) atoms. The van der Waals surface area contributed by atoms with Gasteiger partial charge in [-0.25, -0.2) is 4.68 Å². The van der Waals surface area contributed by atoms with Crippen molar-refractivity contribution in [3.63, 3.8) is 0 Å². The minimum atomic E-state index is -0.126. The van der Waals surface area contributed by atoms with Gasteiger partial charge >= 0.3 is 0 Å². The van der Waals surface area contributed by atoms with Gasteiger partial charge in [-0.1, -0.05) is 31.4 Å². The van der Waals surface area contributed by atoms with Crippen molar-refractivity contribution < 1.29 is 9.53 Å². The first kappa shape index (κ1) is 20.2. The number of allylic oxidation sites excluding steroid dienone is 2. The number of thiazole rings is 1. The summed E-state index contributed by atoms with van der Waals surface area (Å²) in [6.45, 7) is 0.0648. The standard InChI is InChI=1S/C24H28N4O2S/c29-23-15-30-22-12-11-18(13-20(22)27-23)21-16-31-24(26-19-9-5-2-6-10-19)28(21)25-14-17-7-3-1-4-8-17/h1,3,11-14,16-17,19H,2,4-10,15H2,(H,27,29). The zero-order chi connectivity index (χ0) is 21.0. The van der Waals surface area contributed by atoms with Gasteiger partial charge in [-0.15, -0.1) is 11.3 Å². The SMILES string of the molecule is O=C1COc2ccc(-c3csc(=NC4CCCCC4)n3N=CC3CC=CCC3)cc2N1. The third-order valence-corrected chi connectivity index (χ3v) is 6.99. The molecule has 5 rings (SSSR count). The summed E-state index contributed by atoms with van der Waals surface area (Å²) in [5, 5.41) is 9.94. The van der Waals surface area contributed by atoms with Gasteiger partial charge in [0.15, 0.2) is 6.61 Å². The van der Waals surface area contributed by atoms with Crippen molar-refractivity contribution in [3.05, 3.63) is 40.5 Å². The predicted molar refractivity (Wildman–Crippen MR) is 125 cm³/mol. The van der Waals surface area contributed by atoms with Crippen LogP contribution in [0.5, 0.6) is 5.75 Å². The van der Waals surface area contributed by atoms with E-state index in [4.69, 9.17) is 14.8 Å². The summed E-state index contributed by atoms with van der Waals surface area (Å²) in [6.07, 6.45) is 16.0. The molecular formula is C24H28N4O2S. The quantitative estimate of drug-likeness (QED) is 0.543. The molecule has 3 aliphatic rings. The lowest BCUT2D eigenvalue weighted by Crippen LogP contribution is -2.25. The number of fused-ring (bicyclic) bond motifs is 1. The highest BCUT2D eigenvalue weighted by atomic mass is 32.1. The molecule has 1 N–H and O–H groups in total. The second-order valence-electron chi connectivity index (χ2n) is 8.49. The van der Waals surface area contributed by atoms with E-state index in [0.29, 0.717) is 23.4 Å². The molecule has 0 spiro atoms. The fraction of sp³-hybridized carbons (Fsp3) is 0.458. The van der Waals surface area contributed by atoms with Crippen LogP contribution in [0.4, 0.5) is 5.69 Å². The van der Waals surface area contributed by atoms with Crippen molar-refractivity contribution >= 4 is 29.1 Å². The number of carbonyl (C=O) groups excluding carboxylic acids is 1. The maximum absolute atomic E-state index is 11.8. The average Bonchev–Trinajstić information content (AvgIpc) is 3.21. The summed E-state index contributed by atoms with van der Waals surface area (Å²) in [5.74, 6) is 1.04. The number of aromatic nitrogens is 1. The predicted octanol–water partition coefficient (Wildman–Crippen LogP) is 4.97. The van der Waals surface area contributed by atoms with Crippen LogP contribution in [0.2, 0.25) is 0 Å². The molecule has 1 saturated carbocycles. The van der Waals surface area contributed by atoms with E-state index in [1.54, 1.807) is 11.3 Å². The Morgan fingerprint density at radius 1 is 1.16 bits per heavy atom. The Balaban J connectivity index is 1.53. The maximum Gasteiger partial charge on any atom is 0.262 e. The van der Waals surface area contributed by atoms with Gasteiger partial charge in [0.2, 0.25) is 4.80 Å². The third kappa shape index (κ3) is 4.66. The molecule has 1 aromatic carbocycles. The lowest BCUT2D eigenvalue weighted by molar-refractivity contribution is -0.118. The number of benzene rings is 1. The first-order valence-corrected chi connectivity index (χ1v) is 12.2. The van der Waals surface area contributed by atoms with Gasteiger partial charge < -0.3 is 10.1 Å². The third-order valence-electron chi connectivity index (χ3n) is 6.16. The highest BCUT2D eigenvalue weighted by molar-refractivity contribution is 7.07. The molecular weight excluding hydrogens is 408 g/mol. The number of rotatable bonds is 4. The van der Waals surface area contributed by atoms with Crippen molar-refractivity contribution in [2.75, 3.05) is 11.9 Å². The lowest BCUT2D eigenvalue weighted by Gasteiger charge is -2.19. The zero-order valence-corrected chi connectivity index (χ0v) is 18.4. The number of nitrogens with one attached hydrogen (secondary N) is 1. The molecule has 1 unspecified atom stereocenters. The molecule has 1 amide bonds. The van der Waals surface area contributed by atoms with Crippen LogP contribution in [0.1, 0.15) is 51.4 Å². The van der Waals surface area contributed by atoms with E-state index < -0.39 is 0 Å². The van der Waals surface area contributed by atoms with E-state index in [0.717, 1.165) is 48.2 Å². The van der Waals surface area contributed by atoms with Gasteiger partial charge in [-0.3, -0.25) is 9.79 Å². The molecule has 2 aromatic rings. The van der Waals surface area contributed by atoms with E-state index in [1.165, 1.54) is 19.3 Å². The molecule has 1 atom stereocenters. The van der Waals surface area contributed by atoms with Gasteiger partial charge in [-0.05, 0) is 56.2 Å². The largest absolute Gasteiger partial charge is 0.482 e. The summed E-state index contributed by atoms with van der Waals surface area (Å²) in [5.41, 5.74) is 2.69. The lowest BCUT2D eigenvalue weighted by atomic mass is 9.96. The van der Waals surface area contributed by atoms with Crippen molar-refractivity contribution in [2.24, 2.45) is 16.0 Å². The highest BCUT2D eigenvalue weighted by Gasteiger charge is 2.19. The van der Waals surface area contributed by atoms with Crippen LogP contribution in [-0.4, -0.2) is 29.4 Å². The Labute approximate surface area is 186 Å². The summed E-state index contributed by atoms with van der Waals surface area (Å²) in [7, 11) is 0. The van der Waals surface area contributed by atoms with Crippen LogP contribution >= 0.6 is 11.3 Å². The molecule has 2 aliphatic carbocycles. The summed E-state index contributed by atoms with van der Waals surface area (Å²) >= 11 is 1.64. The van der Waals surface area contributed by atoms with Gasteiger partial charge in [0.1, 0.15) is 5.75 Å². The van der Waals surface area contributed by atoms with Gasteiger partial charge in [0.25, 0.3) is 5.91 Å². The normalized spacial score (nSPS) is 22.4. The number of carbonyl (C=O) groups is 1. The Morgan fingerprint density at radius 3 is 2.90 bits per heavy atom. The number of hydrogen-bond acceptors (Lipinski definition) is 5. The number of anilines is 1. The highest BCUT2D eigenvalue weighted by Crippen LogP contribution is 2.33. The summed E-state index contributed by atoms with van der Waals surface area (Å²) < 4.78 is 7.51. The number of hydrogen-bond donors (Lipinski definition) is 1. The van der Waals surface area contributed by atoms with Crippen molar-refractivity contribution in [3.8, 4) is 17.0 Å². The monoisotopic (exact) mass is 436 g/mol. The fourth-order valence-corrected chi connectivity index (χ4v) is 5.33. The minimum Gasteiger partial charge on any atom is -0.482 e. The van der Waals surface area contributed by atoms with Gasteiger partial charge in [0.05, 0.1) is 17.4 Å². The van der Waals surface area contributed by atoms with Crippen LogP contribution < -0.4 is 14.9 Å². The Bertz CT molecular complexity index is 1080. The van der Waals surface area contributed by atoms with E-state index >= 15 is 0 Å². The molecule has 0 saturated heterocycles. The fourth-order valence-electron chi connectivity index (χ4n) is 4.42. The molecule has 162 valence electrons. The molecule has 0 bridgehead atoms. The summed E-state index contributed by atoms with van der Waals surface area (Å²) in [4.78, 5) is 17.8. The van der Waals surface area contributed by atoms with Crippen molar-refractivity contribution in [2.45, 2.75) is 57.4 Å². The van der Waals surface area contributed by atoms with Crippen LogP contribution in [-0.2, 0) is 4.79 Å². The second-order valence-corrected chi connectivity index (χ2v) is 9.33. The van der Waals surface area contributed by atoms with Gasteiger partial charge in [0, 0.05) is 17.2 Å². The van der Waals surface area contributed by atoms with E-state index in [2.05, 4.69) is 29.1 Å². The van der Waals surface area contributed by atoms with E-state index in [-0.39, 0.29) is 12.5 Å². The smallest absolute Gasteiger partial charge is 0.262 e.